The molecule has 0 fully saturated rings. The van der Waals surface area contributed by atoms with Gasteiger partial charge < -0.3 is 9.47 Å². The highest BCUT2D eigenvalue weighted by Gasteiger charge is 2.54. The molecule has 13 aromatic rings. The molecule has 10 aliphatic rings. The van der Waals surface area contributed by atoms with Crippen molar-refractivity contribution in [3.63, 3.8) is 0 Å². The first-order chi connectivity index (χ1) is 67.1. The van der Waals surface area contributed by atoms with Crippen molar-refractivity contribution in [2.45, 2.75) is 157 Å². The van der Waals surface area contributed by atoms with E-state index >= 15 is 0 Å². The second kappa shape index (κ2) is 30.3. The van der Waals surface area contributed by atoms with Crippen molar-refractivity contribution in [1.29, 1.82) is 0 Å². The molecule has 2 N–H and O–H groups in total. The summed E-state index contributed by atoms with van der Waals surface area (Å²) in [6.07, 6.45) is 0. The molecule has 0 radical (unpaired) electrons. The number of nitrogens with zero attached hydrogens (tertiary/aromatic N) is 8. The fourth-order valence-corrected chi connectivity index (χ4v) is 20.9. The molecular formula is C112H85N9O22. The summed E-state index contributed by atoms with van der Waals surface area (Å²) in [7, 11) is 0. The number of ether oxygens (including phenoxy) is 2. The standard InChI is InChI=1S/C70H54N6O12.C28H27N3O4.C14H4O6/c1-67(2,3)31-13-27-45(69(7,8)9)47(29-31)71-55(77)33-15-19-37-51-38(20-16-34(49(33)51)56(71)78)60(82)73(59(37)81)75-63(85)41-23-25-43-54-44(26-24-42(53(41)54)64(75)86)66(88)76(65(43)87)74-61(83)39-21-17-35-50-36(18-22-40(52(39)50)62(74)84)58(80)72(57(35)79)48-30-32(68(4,5)6)14-28-46(48)70(10,11)12;1-27(2,3)14-7-12-19(28(4,5)6)20(13-14)30-23(32)15-8-10-17-22-18(26(35)31(29)25(17)34)11-9-16(21(15)22)24(30)33;15-11-5-1-2-6-10-8(14(18)20-12(6)16)4-3-7(9(5)10)13(17)19-11/h13-30H,1-12H3;7-13H,29H2,1-6H3;1-4H. The Hall–Kier alpha value is -17.5. The van der Waals surface area contributed by atoms with E-state index < -0.39 is 129 Å². The minimum Gasteiger partial charge on any atom is -0.386 e. The Labute approximate surface area is 813 Å². The second-order valence-corrected chi connectivity index (χ2v) is 42.9. The van der Waals surface area contributed by atoms with Gasteiger partial charge in [-0.15, -0.1) is 0 Å². The fourth-order valence-electron chi connectivity index (χ4n) is 20.9. The Morgan fingerprint density at radius 2 is 0.315 bits per heavy atom. The zero-order valence-corrected chi connectivity index (χ0v) is 80.4. The lowest BCUT2D eigenvalue weighted by molar-refractivity contribution is 0.00168. The molecule has 0 atom stereocenters. The number of carbonyl (C=O) groups is 20. The second-order valence-electron chi connectivity index (χ2n) is 42.9. The molecule has 0 unspecified atom stereocenters. The largest absolute Gasteiger partial charge is 0.386 e. The van der Waals surface area contributed by atoms with Crippen LogP contribution in [0.4, 0.5) is 17.1 Å². The smallest absolute Gasteiger partial charge is 0.346 e. The molecule has 0 aromatic heterocycles. The predicted molar refractivity (Wildman–Crippen MR) is 521 cm³/mol. The Balaban J connectivity index is 0.000000177. The van der Waals surface area contributed by atoms with Crippen LogP contribution in [0.1, 0.15) is 365 Å². The Morgan fingerprint density at radius 3 is 0.469 bits per heavy atom. The van der Waals surface area contributed by atoms with E-state index in [1.54, 1.807) is 12.1 Å². The van der Waals surface area contributed by atoms with Crippen molar-refractivity contribution < 1.29 is 105 Å². The lowest BCUT2D eigenvalue weighted by Crippen LogP contribution is -2.59. The number of imide groups is 8. The number of hydrogen-bond donors (Lipinski definition) is 1. The highest BCUT2D eigenvalue weighted by Crippen LogP contribution is 2.51. The molecule has 10 aliphatic heterocycles. The third-order valence-electron chi connectivity index (χ3n) is 28.1. The van der Waals surface area contributed by atoms with Crippen LogP contribution in [-0.4, -0.2) is 143 Å². The Morgan fingerprint density at radius 1 is 0.175 bits per heavy atom. The van der Waals surface area contributed by atoms with Gasteiger partial charge in [0.25, 0.3) is 94.5 Å². The van der Waals surface area contributed by atoms with Crippen molar-refractivity contribution in [3.8, 4) is 0 Å². The van der Waals surface area contributed by atoms with Crippen LogP contribution >= 0.6 is 0 Å². The van der Waals surface area contributed by atoms with Crippen LogP contribution < -0.4 is 20.5 Å². The Bertz CT molecular complexity index is 7880. The van der Waals surface area contributed by atoms with Crippen molar-refractivity contribution in [1.82, 2.24) is 25.0 Å². The zero-order chi connectivity index (χ0) is 103. The summed E-state index contributed by atoms with van der Waals surface area (Å²) in [5, 5.41) is 3.02. The van der Waals surface area contributed by atoms with Crippen molar-refractivity contribution in [2.75, 3.05) is 14.7 Å². The fraction of sp³-hybridized carbons (Fsp3) is 0.214. The summed E-state index contributed by atoms with van der Waals surface area (Å²) in [6, 6.07) is 44.4. The molecule has 0 saturated heterocycles. The number of anilines is 3. The molecular weight excluding hydrogens is 1820 g/mol. The average molecular weight is 1910 g/mol. The molecule has 710 valence electrons. The molecule has 10 heterocycles. The van der Waals surface area contributed by atoms with Gasteiger partial charge in [-0.05, 0) is 205 Å². The van der Waals surface area contributed by atoms with Gasteiger partial charge >= 0.3 is 23.9 Å². The van der Waals surface area contributed by atoms with E-state index in [1.807, 2.05) is 158 Å². The number of hydrazine groups is 3. The highest BCUT2D eigenvalue weighted by molar-refractivity contribution is 6.45. The summed E-state index contributed by atoms with van der Waals surface area (Å²) in [5.41, 5.74) is 3.98. The lowest BCUT2D eigenvalue weighted by atomic mass is 9.80. The maximum atomic E-state index is 14.9. The zero-order valence-electron chi connectivity index (χ0n) is 80.4. The van der Waals surface area contributed by atoms with Gasteiger partial charge in [0.15, 0.2) is 0 Å². The monoisotopic (exact) mass is 1910 g/mol. The van der Waals surface area contributed by atoms with E-state index in [4.69, 9.17) is 5.84 Å². The van der Waals surface area contributed by atoms with Gasteiger partial charge in [0.1, 0.15) is 0 Å². The predicted octanol–water partition coefficient (Wildman–Crippen LogP) is 17.7. The number of hydrogen-bond acceptors (Lipinski definition) is 23. The molecule has 0 saturated carbocycles. The third kappa shape index (κ3) is 13.0. The number of rotatable bonds is 5. The maximum Gasteiger partial charge on any atom is 0.346 e. The summed E-state index contributed by atoms with van der Waals surface area (Å²) >= 11 is 0. The summed E-state index contributed by atoms with van der Waals surface area (Å²) < 4.78 is 9.22. The number of cyclic esters (lactones) is 4. The minimum absolute atomic E-state index is 0.0150. The summed E-state index contributed by atoms with van der Waals surface area (Å²) in [5.74, 6) is -11.8. The van der Waals surface area contributed by atoms with E-state index in [9.17, 15) is 95.9 Å². The lowest BCUT2D eigenvalue weighted by Gasteiger charge is -2.39. The topological polar surface area (TPSA) is 412 Å². The van der Waals surface area contributed by atoms with Crippen LogP contribution in [0.3, 0.4) is 0 Å². The molecule has 0 spiro atoms. The van der Waals surface area contributed by atoms with Gasteiger partial charge in [-0.25, -0.2) is 44.7 Å². The van der Waals surface area contributed by atoms with Gasteiger partial charge in [0.05, 0.1) is 95.0 Å². The van der Waals surface area contributed by atoms with Gasteiger partial charge in [0.2, 0.25) is 0 Å². The Kier molecular flexibility index (Phi) is 19.5. The van der Waals surface area contributed by atoms with Crippen LogP contribution in [0.15, 0.2) is 176 Å². The quantitative estimate of drug-likeness (QED) is 0.0550. The van der Waals surface area contributed by atoms with Crippen molar-refractivity contribution in [3.05, 3.63) is 321 Å². The summed E-state index contributed by atoms with van der Waals surface area (Å²) in [6.45, 7) is 36.3. The number of esters is 4. The first-order valence-corrected chi connectivity index (χ1v) is 45.9. The minimum atomic E-state index is -1.18. The number of amides is 16. The summed E-state index contributed by atoms with van der Waals surface area (Å²) in [4.78, 5) is 282. The van der Waals surface area contributed by atoms with Crippen molar-refractivity contribution >= 4 is 189 Å². The molecule has 16 amide bonds. The number of benzene rings is 13. The molecule has 13 aromatic carbocycles. The normalized spacial score (nSPS) is 16.5. The first-order valence-electron chi connectivity index (χ1n) is 45.9. The van der Waals surface area contributed by atoms with Gasteiger partial charge in [-0.3, -0.25) is 76.7 Å². The maximum absolute atomic E-state index is 14.9. The van der Waals surface area contributed by atoms with Crippen LogP contribution in [0.2, 0.25) is 0 Å². The molecule has 0 aliphatic carbocycles. The van der Waals surface area contributed by atoms with Gasteiger partial charge in [-0.2, -0.15) is 20.0 Å². The van der Waals surface area contributed by atoms with Crippen LogP contribution in [0.25, 0.3) is 53.9 Å². The molecule has 0 bridgehead atoms. The number of carbonyl (C=O) groups excluding carboxylic acids is 20. The highest BCUT2D eigenvalue weighted by atomic mass is 16.6. The van der Waals surface area contributed by atoms with E-state index in [0.29, 0.717) is 52.9 Å². The van der Waals surface area contributed by atoms with E-state index in [-0.39, 0.29) is 176 Å². The molecule has 31 heteroatoms. The van der Waals surface area contributed by atoms with E-state index in [2.05, 4.69) is 30.2 Å². The third-order valence-corrected chi connectivity index (χ3v) is 28.1. The van der Waals surface area contributed by atoms with Crippen molar-refractivity contribution in [2.24, 2.45) is 5.84 Å². The van der Waals surface area contributed by atoms with Crippen LogP contribution in [0, 0.1) is 0 Å². The molecule has 23 rings (SSSR count). The van der Waals surface area contributed by atoms with Crippen LogP contribution in [0.5, 0.6) is 0 Å². The van der Waals surface area contributed by atoms with Gasteiger partial charge in [-0.1, -0.05) is 161 Å². The number of nitrogens with two attached hydrogens (primary N) is 1. The van der Waals surface area contributed by atoms with E-state index in [0.717, 1.165) is 43.2 Å². The van der Waals surface area contributed by atoms with Crippen LogP contribution in [-0.2, 0) is 42.0 Å². The molecule has 31 nitrogen and oxygen atoms in total. The average Bonchev–Trinajstić information content (AvgIpc) is 0.720. The molecule has 143 heavy (non-hydrogen) atoms. The van der Waals surface area contributed by atoms with E-state index in [1.165, 1.54) is 114 Å². The SMILES string of the molecule is CC(C)(C)c1ccc(C(C)(C)C)c(N2C(=O)c3ccc4c5c(ccc(c35)C2=O)C(=O)N(N)C4=O)c1.CC(C)(C)c1ccc(C(C)(C)C)c(N2C(=O)c3ccc4c5c(ccc(c35)C2=O)C(=O)N(N2C(=O)c3ccc5c6c(ccc(c36)C2=O)C(=O)N(N2C(=O)c3ccc6c7c(ccc(c37)C2=O)C(=O)N(c2cc(C(C)(C)C)ccc2C(C)(C)C)C6=O)C5=O)C4=O)c1.O=C1OC(=O)c2ccc3c4c(ccc1c24)C(=O)OC3=O. The van der Waals surface area contributed by atoms with Gasteiger partial charge in [0, 0.05) is 87.2 Å². The first kappa shape index (κ1) is 91.9.